The van der Waals surface area contributed by atoms with E-state index in [9.17, 15) is 0 Å². The molecule has 2 aromatic carbocycles. The Hall–Kier alpha value is -1.78. The quantitative estimate of drug-likeness (QED) is 0.695. The van der Waals surface area contributed by atoms with Crippen molar-refractivity contribution >= 4 is 34.4 Å². The van der Waals surface area contributed by atoms with Crippen LogP contribution in [0.1, 0.15) is 27.7 Å². The summed E-state index contributed by atoms with van der Waals surface area (Å²) in [7, 11) is -0.346. The Kier molecular flexibility index (Phi) is 2.75. The summed E-state index contributed by atoms with van der Waals surface area (Å²) in [4.78, 5) is 3.52. The van der Waals surface area contributed by atoms with Crippen LogP contribution in [0.3, 0.4) is 0 Å². The number of rotatable bonds is 1. The number of para-hydroxylation sites is 2. The Morgan fingerprint density at radius 1 is 0.818 bits per heavy atom. The van der Waals surface area contributed by atoms with Crippen LogP contribution in [0.15, 0.2) is 42.5 Å². The third-order valence-electron chi connectivity index (χ3n) is 5.08. The molecule has 0 atom stereocenters. The molecule has 1 N–H and O–H groups in total. The zero-order chi connectivity index (χ0) is 15.5. The summed E-state index contributed by atoms with van der Waals surface area (Å²) in [6, 6.07) is 14.7. The van der Waals surface area contributed by atoms with Crippen molar-refractivity contribution in [1.29, 1.82) is 0 Å². The molecule has 4 heteroatoms. The van der Waals surface area contributed by atoms with E-state index in [0.29, 0.717) is 0 Å². The first-order chi connectivity index (χ1) is 10.4. The topological polar surface area (TPSA) is 34.2 Å². The highest BCUT2D eigenvalue weighted by Gasteiger charge is 2.52. The molecule has 3 nitrogen and oxygen atoms in total. The van der Waals surface area contributed by atoms with E-state index in [-0.39, 0.29) is 18.3 Å². The minimum absolute atomic E-state index is 0.328. The van der Waals surface area contributed by atoms with Gasteiger partial charge in [0, 0.05) is 27.3 Å². The van der Waals surface area contributed by atoms with Crippen molar-refractivity contribution in [3.63, 3.8) is 0 Å². The van der Waals surface area contributed by atoms with Gasteiger partial charge in [-0.05, 0) is 33.8 Å². The van der Waals surface area contributed by atoms with Crippen LogP contribution in [0.2, 0.25) is 0 Å². The molecular formula is C18H20BNO2. The first-order valence-electron chi connectivity index (χ1n) is 7.74. The van der Waals surface area contributed by atoms with Gasteiger partial charge in [0.15, 0.2) is 0 Å². The second-order valence-electron chi connectivity index (χ2n) is 7.03. The predicted molar refractivity (Wildman–Crippen MR) is 91.5 cm³/mol. The van der Waals surface area contributed by atoms with Gasteiger partial charge < -0.3 is 14.3 Å². The summed E-state index contributed by atoms with van der Waals surface area (Å²) < 4.78 is 12.4. The summed E-state index contributed by atoms with van der Waals surface area (Å²) in [5.41, 5.74) is 2.65. The summed E-state index contributed by atoms with van der Waals surface area (Å²) in [5.74, 6) is 0. The maximum Gasteiger partial charge on any atom is 0.497 e. The Morgan fingerprint density at radius 3 is 2.18 bits per heavy atom. The van der Waals surface area contributed by atoms with E-state index in [2.05, 4.69) is 69.1 Å². The van der Waals surface area contributed by atoms with Crippen LogP contribution in [0.25, 0.3) is 21.8 Å². The van der Waals surface area contributed by atoms with E-state index < -0.39 is 0 Å². The minimum atomic E-state index is -0.346. The highest BCUT2D eigenvalue weighted by molar-refractivity contribution is 6.65. The van der Waals surface area contributed by atoms with Crippen LogP contribution in [-0.2, 0) is 9.31 Å². The van der Waals surface area contributed by atoms with Gasteiger partial charge in [0.05, 0.1) is 11.2 Å². The van der Waals surface area contributed by atoms with Gasteiger partial charge in [0.1, 0.15) is 0 Å². The van der Waals surface area contributed by atoms with Crippen molar-refractivity contribution in [3.8, 4) is 0 Å². The molecule has 4 rings (SSSR count). The summed E-state index contributed by atoms with van der Waals surface area (Å²) in [5, 5.41) is 2.44. The fourth-order valence-electron chi connectivity index (χ4n) is 3.06. The summed E-state index contributed by atoms with van der Waals surface area (Å²) in [6.45, 7) is 8.33. The molecule has 1 aromatic heterocycles. The predicted octanol–water partition coefficient (Wildman–Crippen LogP) is 3.62. The summed E-state index contributed by atoms with van der Waals surface area (Å²) in [6.07, 6.45) is 0. The lowest BCUT2D eigenvalue weighted by Gasteiger charge is -2.32. The van der Waals surface area contributed by atoms with E-state index in [1.165, 1.54) is 10.8 Å². The fourth-order valence-corrected chi connectivity index (χ4v) is 3.06. The maximum atomic E-state index is 6.21. The monoisotopic (exact) mass is 293 g/mol. The molecule has 0 radical (unpaired) electrons. The fraction of sp³-hybridized carbons (Fsp3) is 0.333. The van der Waals surface area contributed by atoms with Crippen molar-refractivity contribution in [1.82, 2.24) is 4.98 Å². The number of aromatic amines is 1. The molecule has 0 saturated carbocycles. The van der Waals surface area contributed by atoms with E-state index in [1.807, 2.05) is 6.07 Å². The number of benzene rings is 2. The molecule has 22 heavy (non-hydrogen) atoms. The smallest absolute Gasteiger partial charge is 0.399 e. The number of nitrogens with one attached hydrogen (secondary N) is 1. The highest BCUT2D eigenvalue weighted by atomic mass is 16.7. The molecule has 0 aliphatic carbocycles. The zero-order valence-corrected chi connectivity index (χ0v) is 13.4. The van der Waals surface area contributed by atoms with Crippen molar-refractivity contribution in [2.45, 2.75) is 38.9 Å². The molecule has 112 valence electrons. The van der Waals surface area contributed by atoms with Gasteiger partial charge in [-0.25, -0.2) is 0 Å². The van der Waals surface area contributed by atoms with Crippen LogP contribution in [0, 0.1) is 0 Å². The first kappa shape index (κ1) is 13.9. The van der Waals surface area contributed by atoms with E-state index in [4.69, 9.17) is 9.31 Å². The second kappa shape index (κ2) is 4.37. The lowest BCUT2D eigenvalue weighted by atomic mass is 9.78. The SMILES string of the molecule is CC1(C)OB(c2cccc3c2[nH]c2ccccc23)OC1(C)C. The standard InChI is InChI=1S/C18H20BNO2/c1-17(2)18(3,4)22-19(21-17)14-10-7-9-13-12-8-5-6-11-15(12)20-16(13)14/h5-11,20H,1-4H3. The second-order valence-corrected chi connectivity index (χ2v) is 7.03. The number of hydrogen-bond acceptors (Lipinski definition) is 2. The average Bonchev–Trinajstić information content (AvgIpc) is 2.93. The van der Waals surface area contributed by atoms with Crippen LogP contribution >= 0.6 is 0 Å². The molecule has 2 heterocycles. The molecule has 0 unspecified atom stereocenters. The lowest BCUT2D eigenvalue weighted by Crippen LogP contribution is -2.41. The molecular weight excluding hydrogens is 273 g/mol. The molecule has 0 bridgehead atoms. The minimum Gasteiger partial charge on any atom is -0.399 e. The van der Waals surface area contributed by atoms with Gasteiger partial charge in [-0.2, -0.15) is 0 Å². The molecule has 1 aliphatic rings. The van der Waals surface area contributed by atoms with Crippen molar-refractivity contribution < 1.29 is 9.31 Å². The lowest BCUT2D eigenvalue weighted by molar-refractivity contribution is 0.00578. The largest absolute Gasteiger partial charge is 0.497 e. The molecule has 0 spiro atoms. The highest BCUT2D eigenvalue weighted by Crippen LogP contribution is 2.37. The third-order valence-corrected chi connectivity index (χ3v) is 5.08. The molecule has 1 saturated heterocycles. The van der Waals surface area contributed by atoms with E-state index >= 15 is 0 Å². The van der Waals surface area contributed by atoms with Crippen molar-refractivity contribution in [3.05, 3.63) is 42.5 Å². The molecule has 1 aliphatic heterocycles. The van der Waals surface area contributed by atoms with Crippen LogP contribution < -0.4 is 5.46 Å². The number of fused-ring (bicyclic) bond motifs is 3. The average molecular weight is 293 g/mol. The van der Waals surface area contributed by atoms with Gasteiger partial charge in [-0.3, -0.25) is 0 Å². The van der Waals surface area contributed by atoms with Gasteiger partial charge in [0.2, 0.25) is 0 Å². The number of hydrogen-bond donors (Lipinski definition) is 1. The van der Waals surface area contributed by atoms with Crippen LogP contribution in [0.5, 0.6) is 0 Å². The Balaban J connectivity index is 1.90. The molecule has 1 fully saturated rings. The van der Waals surface area contributed by atoms with E-state index in [0.717, 1.165) is 16.5 Å². The normalized spacial score (nSPS) is 20.1. The zero-order valence-electron chi connectivity index (χ0n) is 13.4. The Labute approximate surface area is 130 Å². The number of H-pyrrole nitrogens is 1. The van der Waals surface area contributed by atoms with Gasteiger partial charge in [0.25, 0.3) is 0 Å². The summed E-state index contributed by atoms with van der Waals surface area (Å²) >= 11 is 0. The van der Waals surface area contributed by atoms with Crippen LogP contribution in [-0.4, -0.2) is 23.3 Å². The van der Waals surface area contributed by atoms with E-state index in [1.54, 1.807) is 0 Å². The first-order valence-corrected chi connectivity index (χ1v) is 7.74. The molecule has 0 amide bonds. The number of aromatic nitrogens is 1. The Bertz CT molecular complexity index is 850. The third kappa shape index (κ3) is 1.84. The maximum absolute atomic E-state index is 6.21. The van der Waals surface area contributed by atoms with Gasteiger partial charge in [-0.1, -0.05) is 36.4 Å². The van der Waals surface area contributed by atoms with Crippen molar-refractivity contribution in [2.75, 3.05) is 0 Å². The van der Waals surface area contributed by atoms with Crippen LogP contribution in [0.4, 0.5) is 0 Å². The van der Waals surface area contributed by atoms with Crippen molar-refractivity contribution in [2.24, 2.45) is 0 Å². The van der Waals surface area contributed by atoms with Gasteiger partial charge in [-0.15, -0.1) is 0 Å². The Morgan fingerprint density at radius 2 is 1.45 bits per heavy atom. The van der Waals surface area contributed by atoms with Gasteiger partial charge >= 0.3 is 7.12 Å². The molecule has 3 aromatic rings.